The number of fused-ring (bicyclic) bond motifs is 1. The minimum absolute atomic E-state index is 0.0657. The Kier molecular flexibility index (Phi) is 7.70. The quantitative estimate of drug-likeness (QED) is 0.420. The highest BCUT2D eigenvalue weighted by Gasteiger charge is 2.44. The first-order valence-electron chi connectivity index (χ1n) is 13.1. The average Bonchev–Trinajstić information content (AvgIpc) is 3.45. The van der Waals surface area contributed by atoms with Gasteiger partial charge in [0.05, 0.1) is 16.9 Å². The first-order chi connectivity index (χ1) is 18.3. The number of hydrogen-bond donors (Lipinski definition) is 1. The summed E-state index contributed by atoms with van der Waals surface area (Å²) < 4.78 is 27.6. The lowest BCUT2D eigenvalue weighted by Gasteiger charge is -2.42. The van der Waals surface area contributed by atoms with Crippen LogP contribution in [0.1, 0.15) is 65.9 Å². The molecule has 5 rings (SSSR count). The summed E-state index contributed by atoms with van der Waals surface area (Å²) in [5, 5.41) is 4.97. The Morgan fingerprint density at radius 1 is 1.00 bits per heavy atom. The van der Waals surface area contributed by atoms with E-state index in [1.54, 1.807) is 30.3 Å². The molecule has 1 saturated heterocycles. The Morgan fingerprint density at radius 2 is 1.71 bits per heavy atom. The number of amides is 2. The smallest absolute Gasteiger partial charge is 0.254 e. The summed E-state index contributed by atoms with van der Waals surface area (Å²) in [7, 11) is -3.55. The van der Waals surface area contributed by atoms with Gasteiger partial charge in [-0.3, -0.25) is 9.59 Å². The molecule has 3 heterocycles. The summed E-state index contributed by atoms with van der Waals surface area (Å²) in [5.74, 6) is -0.685. The number of carbonyl (C=O) groups is 2. The summed E-state index contributed by atoms with van der Waals surface area (Å²) in [6, 6.07) is 17.2. The number of anilines is 1. The van der Waals surface area contributed by atoms with Crippen LogP contribution in [0.5, 0.6) is 0 Å². The van der Waals surface area contributed by atoms with Crippen LogP contribution in [0.15, 0.2) is 70.9 Å². The van der Waals surface area contributed by atoms with Crippen LogP contribution >= 0.6 is 11.3 Å². The number of hydrogen-bond acceptors (Lipinski definition) is 5. The molecule has 1 aromatic heterocycles. The van der Waals surface area contributed by atoms with E-state index in [1.165, 1.54) is 15.6 Å². The van der Waals surface area contributed by atoms with Gasteiger partial charge in [-0.2, -0.15) is 4.31 Å². The Balaban J connectivity index is 1.46. The zero-order valence-corrected chi connectivity index (χ0v) is 23.3. The molecule has 200 valence electrons. The molecular weight excluding hydrogens is 518 g/mol. The van der Waals surface area contributed by atoms with Crippen molar-refractivity contribution in [3.05, 3.63) is 82.0 Å². The molecule has 2 amide bonds. The second-order valence-corrected chi connectivity index (χ2v) is 13.3. The summed E-state index contributed by atoms with van der Waals surface area (Å²) >= 11 is 1.54. The van der Waals surface area contributed by atoms with Gasteiger partial charge in [-0.15, -0.1) is 11.3 Å². The maximum atomic E-state index is 13.9. The standard InChI is InChI=1S/C29H33N3O4S2/c1-20(2)19-32-27(25-11-8-18-37-25)26(23-9-4-5-10-24(23)29(32)34)28(33)30-21-12-14-22(15-13-21)38(35,36)31-16-6-3-7-17-31/h4-5,8-15,18,20,26-27H,3,6-7,16-17,19H2,1-2H3,(H,30,33)/t26-,27-/m1/s1. The third-order valence-corrected chi connectivity index (χ3v) is 10.0. The zero-order chi connectivity index (χ0) is 26.9. The minimum Gasteiger partial charge on any atom is -0.329 e. The fourth-order valence-corrected chi connectivity index (χ4v) is 7.82. The van der Waals surface area contributed by atoms with Gasteiger partial charge >= 0.3 is 0 Å². The van der Waals surface area contributed by atoms with E-state index in [0.717, 1.165) is 24.1 Å². The second kappa shape index (κ2) is 11.0. The lowest BCUT2D eigenvalue weighted by molar-refractivity contribution is -0.119. The van der Waals surface area contributed by atoms with E-state index >= 15 is 0 Å². The Morgan fingerprint density at radius 3 is 2.37 bits per heavy atom. The molecule has 0 unspecified atom stereocenters. The van der Waals surface area contributed by atoms with Gasteiger partial charge in [-0.1, -0.05) is 44.5 Å². The summed E-state index contributed by atoms with van der Waals surface area (Å²) in [6.45, 7) is 5.74. The van der Waals surface area contributed by atoms with Gasteiger partial charge in [-0.25, -0.2) is 8.42 Å². The molecule has 2 aromatic carbocycles. The van der Waals surface area contributed by atoms with E-state index in [9.17, 15) is 18.0 Å². The molecule has 1 fully saturated rings. The van der Waals surface area contributed by atoms with Crippen molar-refractivity contribution in [2.24, 2.45) is 5.92 Å². The van der Waals surface area contributed by atoms with E-state index in [1.807, 2.05) is 40.6 Å². The maximum Gasteiger partial charge on any atom is 0.254 e. The number of thiophene rings is 1. The molecule has 0 spiro atoms. The lowest BCUT2D eigenvalue weighted by Crippen LogP contribution is -2.47. The molecule has 0 aliphatic carbocycles. The van der Waals surface area contributed by atoms with Crippen molar-refractivity contribution in [3.63, 3.8) is 0 Å². The highest BCUT2D eigenvalue weighted by molar-refractivity contribution is 7.89. The van der Waals surface area contributed by atoms with E-state index in [4.69, 9.17) is 0 Å². The molecule has 2 atom stereocenters. The van der Waals surface area contributed by atoms with Gasteiger partial charge in [0.1, 0.15) is 0 Å². The van der Waals surface area contributed by atoms with Crippen LogP contribution < -0.4 is 5.32 Å². The maximum absolute atomic E-state index is 13.9. The molecule has 38 heavy (non-hydrogen) atoms. The Hall–Kier alpha value is -3.01. The largest absolute Gasteiger partial charge is 0.329 e. The fraction of sp³-hybridized carbons (Fsp3) is 0.379. The molecule has 2 aliphatic rings. The van der Waals surface area contributed by atoms with E-state index in [0.29, 0.717) is 36.4 Å². The molecule has 7 nitrogen and oxygen atoms in total. The fourth-order valence-electron chi connectivity index (χ4n) is 5.43. The first kappa shape index (κ1) is 26.6. The van der Waals surface area contributed by atoms with Crippen molar-refractivity contribution in [3.8, 4) is 0 Å². The van der Waals surface area contributed by atoms with Crippen LogP contribution in [0, 0.1) is 5.92 Å². The van der Waals surface area contributed by atoms with Gasteiger partial charge in [0.15, 0.2) is 0 Å². The van der Waals surface area contributed by atoms with Gasteiger partial charge in [0.25, 0.3) is 5.91 Å². The summed E-state index contributed by atoms with van der Waals surface area (Å²) in [4.78, 5) is 30.5. The van der Waals surface area contributed by atoms with Crippen LogP contribution in [0.4, 0.5) is 5.69 Å². The van der Waals surface area contributed by atoms with Crippen LogP contribution in [-0.2, 0) is 14.8 Å². The van der Waals surface area contributed by atoms with Crippen LogP contribution in [0.25, 0.3) is 0 Å². The number of nitrogens with zero attached hydrogens (tertiary/aromatic N) is 2. The van der Waals surface area contributed by atoms with Gasteiger partial charge in [0.2, 0.25) is 15.9 Å². The lowest BCUT2D eigenvalue weighted by atomic mass is 9.81. The number of nitrogens with one attached hydrogen (secondary N) is 1. The first-order valence-corrected chi connectivity index (χ1v) is 15.4. The Labute approximate surface area is 228 Å². The van der Waals surface area contributed by atoms with E-state index in [-0.39, 0.29) is 22.6 Å². The van der Waals surface area contributed by atoms with Gasteiger partial charge < -0.3 is 10.2 Å². The highest BCUT2D eigenvalue weighted by atomic mass is 32.2. The zero-order valence-electron chi connectivity index (χ0n) is 21.7. The second-order valence-electron chi connectivity index (χ2n) is 10.4. The normalized spacial score (nSPS) is 20.4. The highest BCUT2D eigenvalue weighted by Crippen LogP contribution is 2.45. The van der Waals surface area contributed by atoms with E-state index < -0.39 is 22.0 Å². The van der Waals surface area contributed by atoms with Gasteiger partial charge in [0, 0.05) is 35.8 Å². The van der Waals surface area contributed by atoms with Crippen molar-refractivity contribution >= 4 is 38.9 Å². The van der Waals surface area contributed by atoms with Crippen molar-refractivity contribution < 1.29 is 18.0 Å². The molecule has 9 heteroatoms. The molecule has 0 bridgehead atoms. The van der Waals surface area contributed by atoms with Crippen LogP contribution in [-0.4, -0.2) is 49.1 Å². The van der Waals surface area contributed by atoms with Crippen molar-refractivity contribution in [2.75, 3.05) is 25.0 Å². The van der Waals surface area contributed by atoms with Gasteiger partial charge in [-0.05, 0) is 66.1 Å². The van der Waals surface area contributed by atoms with Crippen molar-refractivity contribution in [1.29, 1.82) is 0 Å². The predicted molar refractivity (Wildman–Crippen MR) is 150 cm³/mol. The van der Waals surface area contributed by atoms with Crippen molar-refractivity contribution in [2.45, 2.75) is 50.0 Å². The van der Waals surface area contributed by atoms with Crippen LogP contribution in [0.2, 0.25) is 0 Å². The molecule has 0 saturated carbocycles. The molecular formula is C29H33N3O4S2. The number of sulfonamides is 1. The SMILES string of the molecule is CC(C)CN1C(=O)c2ccccc2[C@@H](C(=O)Nc2ccc(S(=O)(=O)N3CCCCC3)cc2)[C@H]1c1cccs1. The number of benzene rings is 2. The summed E-state index contributed by atoms with van der Waals surface area (Å²) in [5.41, 5.74) is 1.77. The van der Waals surface area contributed by atoms with E-state index in [2.05, 4.69) is 19.2 Å². The topological polar surface area (TPSA) is 86.8 Å². The molecule has 3 aromatic rings. The number of rotatable bonds is 7. The Bertz CT molecular complexity index is 1400. The average molecular weight is 552 g/mol. The van der Waals surface area contributed by atoms with Crippen molar-refractivity contribution in [1.82, 2.24) is 9.21 Å². The number of piperidine rings is 1. The summed E-state index contributed by atoms with van der Waals surface area (Å²) in [6.07, 6.45) is 2.80. The molecule has 1 N–H and O–H groups in total. The predicted octanol–water partition coefficient (Wildman–Crippen LogP) is 5.50. The monoisotopic (exact) mass is 551 g/mol. The molecule has 2 aliphatic heterocycles. The third-order valence-electron chi connectivity index (χ3n) is 7.19. The number of carbonyl (C=O) groups excluding carboxylic acids is 2. The minimum atomic E-state index is -3.55. The third kappa shape index (κ3) is 5.15. The van der Waals surface area contributed by atoms with Crippen LogP contribution in [0.3, 0.4) is 0 Å². The molecule has 0 radical (unpaired) electrons.